The van der Waals surface area contributed by atoms with E-state index in [1.165, 1.54) is 0 Å². The first kappa shape index (κ1) is 14.4. The minimum Gasteiger partial charge on any atom is -0.395 e. The summed E-state index contributed by atoms with van der Waals surface area (Å²) in [4.78, 5) is 6.46. The van der Waals surface area contributed by atoms with Crippen LogP contribution in [0, 0.1) is 19.3 Å². The summed E-state index contributed by atoms with van der Waals surface area (Å²) in [5.74, 6) is 0.697. The van der Waals surface area contributed by atoms with Gasteiger partial charge in [0, 0.05) is 18.3 Å². The van der Waals surface area contributed by atoms with Crippen molar-refractivity contribution >= 4 is 11.7 Å². The highest BCUT2D eigenvalue weighted by atomic mass is 16.3. The normalized spacial score (nSPS) is 10.8. The average Bonchev–Trinajstić information content (AvgIpc) is 2.23. The SMILES string of the molecule is Cc1cc(C)c(C(=N)N)c(N(CCO)C(C)C)n1. The van der Waals surface area contributed by atoms with Crippen LogP contribution in [0.4, 0.5) is 5.82 Å². The van der Waals surface area contributed by atoms with Gasteiger partial charge in [-0.15, -0.1) is 0 Å². The molecule has 0 atom stereocenters. The van der Waals surface area contributed by atoms with E-state index >= 15 is 0 Å². The summed E-state index contributed by atoms with van der Waals surface area (Å²) in [5, 5.41) is 16.9. The van der Waals surface area contributed by atoms with Crippen LogP contribution in [0.1, 0.15) is 30.7 Å². The Kier molecular flexibility index (Phi) is 4.67. The van der Waals surface area contributed by atoms with Crippen molar-refractivity contribution in [2.45, 2.75) is 33.7 Å². The molecule has 18 heavy (non-hydrogen) atoms. The number of amidine groups is 1. The maximum Gasteiger partial charge on any atom is 0.140 e. The van der Waals surface area contributed by atoms with Crippen molar-refractivity contribution in [3.8, 4) is 0 Å². The summed E-state index contributed by atoms with van der Waals surface area (Å²) in [5.41, 5.74) is 8.13. The number of aryl methyl sites for hydroxylation is 2. The summed E-state index contributed by atoms with van der Waals surface area (Å²) in [7, 11) is 0. The van der Waals surface area contributed by atoms with Crippen LogP contribution in [-0.2, 0) is 0 Å². The molecule has 0 saturated carbocycles. The third-order valence-corrected chi connectivity index (χ3v) is 2.83. The molecule has 0 bridgehead atoms. The number of rotatable bonds is 5. The highest BCUT2D eigenvalue weighted by Gasteiger charge is 2.19. The molecule has 1 aromatic heterocycles. The fourth-order valence-corrected chi connectivity index (χ4v) is 2.07. The number of anilines is 1. The molecule has 0 saturated heterocycles. The average molecular weight is 250 g/mol. The molecule has 0 fully saturated rings. The number of nitrogen functional groups attached to an aromatic ring is 1. The lowest BCUT2D eigenvalue weighted by Gasteiger charge is -2.29. The van der Waals surface area contributed by atoms with Crippen LogP contribution in [0.3, 0.4) is 0 Å². The van der Waals surface area contributed by atoms with E-state index in [1.54, 1.807) is 0 Å². The maximum atomic E-state index is 9.16. The zero-order valence-corrected chi connectivity index (χ0v) is 11.5. The third-order valence-electron chi connectivity index (χ3n) is 2.83. The smallest absolute Gasteiger partial charge is 0.140 e. The number of aliphatic hydroxyl groups is 1. The molecule has 1 heterocycles. The number of aliphatic hydroxyl groups excluding tert-OH is 1. The van der Waals surface area contributed by atoms with E-state index in [0.717, 1.165) is 11.3 Å². The number of pyridine rings is 1. The van der Waals surface area contributed by atoms with Crippen LogP contribution in [-0.4, -0.2) is 35.1 Å². The molecule has 0 aromatic carbocycles. The molecule has 1 aromatic rings. The quantitative estimate of drug-likeness (QED) is 0.541. The molecule has 0 unspecified atom stereocenters. The Morgan fingerprint density at radius 1 is 1.50 bits per heavy atom. The Morgan fingerprint density at radius 3 is 2.56 bits per heavy atom. The van der Waals surface area contributed by atoms with Gasteiger partial charge in [-0.25, -0.2) is 4.98 Å². The van der Waals surface area contributed by atoms with Crippen LogP contribution in [0.2, 0.25) is 0 Å². The van der Waals surface area contributed by atoms with Gasteiger partial charge in [-0.1, -0.05) is 0 Å². The van der Waals surface area contributed by atoms with Crippen LogP contribution in [0.15, 0.2) is 6.07 Å². The molecule has 0 radical (unpaired) electrons. The standard InChI is InChI=1S/C13H22N4O/c1-8(2)17(5-6-18)13-11(12(14)15)9(3)7-10(4)16-13/h7-8,18H,5-6H2,1-4H3,(H3,14,15). The van der Waals surface area contributed by atoms with Gasteiger partial charge in [-0.05, 0) is 39.3 Å². The predicted molar refractivity (Wildman–Crippen MR) is 74.3 cm³/mol. The second-order valence-electron chi connectivity index (χ2n) is 4.70. The van der Waals surface area contributed by atoms with E-state index in [1.807, 2.05) is 38.7 Å². The Bertz CT molecular complexity index is 443. The lowest BCUT2D eigenvalue weighted by Crippen LogP contribution is -2.36. The first-order valence-corrected chi connectivity index (χ1v) is 6.08. The maximum absolute atomic E-state index is 9.16. The van der Waals surface area contributed by atoms with Crippen LogP contribution < -0.4 is 10.6 Å². The Labute approximate surface area is 108 Å². The van der Waals surface area contributed by atoms with E-state index in [9.17, 15) is 0 Å². The van der Waals surface area contributed by atoms with Gasteiger partial charge in [-0.2, -0.15) is 0 Å². The monoisotopic (exact) mass is 250 g/mol. The Hall–Kier alpha value is -1.62. The fraction of sp³-hybridized carbons (Fsp3) is 0.538. The van der Waals surface area contributed by atoms with Crippen LogP contribution >= 0.6 is 0 Å². The van der Waals surface area contributed by atoms with E-state index in [0.29, 0.717) is 17.9 Å². The Morgan fingerprint density at radius 2 is 2.11 bits per heavy atom. The number of nitrogens with one attached hydrogen (secondary N) is 1. The first-order chi connectivity index (χ1) is 8.38. The summed E-state index contributed by atoms with van der Waals surface area (Å²) in [6.45, 7) is 8.42. The lowest BCUT2D eigenvalue weighted by molar-refractivity contribution is 0.298. The minimum absolute atomic E-state index is 0.0126. The van der Waals surface area contributed by atoms with Gasteiger partial charge in [0.15, 0.2) is 0 Å². The number of nitrogens with two attached hydrogens (primary N) is 1. The molecule has 5 heteroatoms. The van der Waals surface area contributed by atoms with E-state index in [4.69, 9.17) is 16.2 Å². The van der Waals surface area contributed by atoms with Crippen molar-refractivity contribution in [1.29, 1.82) is 5.41 Å². The van der Waals surface area contributed by atoms with Crippen molar-refractivity contribution < 1.29 is 5.11 Å². The van der Waals surface area contributed by atoms with Crippen molar-refractivity contribution in [3.63, 3.8) is 0 Å². The van der Waals surface area contributed by atoms with Gasteiger partial charge in [0.1, 0.15) is 11.7 Å². The molecule has 5 nitrogen and oxygen atoms in total. The van der Waals surface area contributed by atoms with Gasteiger partial charge in [0.05, 0.1) is 12.2 Å². The van der Waals surface area contributed by atoms with Gasteiger partial charge in [0.2, 0.25) is 0 Å². The van der Waals surface area contributed by atoms with E-state index in [2.05, 4.69) is 4.98 Å². The second kappa shape index (κ2) is 5.82. The number of aromatic nitrogens is 1. The zero-order chi connectivity index (χ0) is 13.9. The van der Waals surface area contributed by atoms with Gasteiger partial charge < -0.3 is 15.7 Å². The minimum atomic E-state index is 0.0126. The summed E-state index contributed by atoms with van der Waals surface area (Å²) >= 11 is 0. The molecule has 0 aliphatic heterocycles. The predicted octanol–water partition coefficient (Wildman–Crippen LogP) is 1.19. The summed E-state index contributed by atoms with van der Waals surface area (Å²) in [6.07, 6.45) is 0. The van der Waals surface area contributed by atoms with Crippen LogP contribution in [0.5, 0.6) is 0 Å². The van der Waals surface area contributed by atoms with Crippen molar-refractivity contribution in [1.82, 2.24) is 4.98 Å². The van der Waals surface area contributed by atoms with Gasteiger partial charge >= 0.3 is 0 Å². The first-order valence-electron chi connectivity index (χ1n) is 6.08. The zero-order valence-electron chi connectivity index (χ0n) is 11.5. The highest BCUT2D eigenvalue weighted by molar-refractivity contribution is 6.01. The number of nitrogens with zero attached hydrogens (tertiary/aromatic N) is 2. The molecule has 1 rings (SSSR count). The highest BCUT2D eigenvalue weighted by Crippen LogP contribution is 2.23. The van der Waals surface area contributed by atoms with Crippen LogP contribution in [0.25, 0.3) is 0 Å². The molecular formula is C13H22N4O. The van der Waals surface area contributed by atoms with Crippen molar-refractivity contribution in [2.24, 2.45) is 5.73 Å². The molecule has 4 N–H and O–H groups in total. The molecule has 0 aliphatic rings. The molecule has 0 amide bonds. The van der Waals surface area contributed by atoms with Crippen molar-refractivity contribution in [3.05, 3.63) is 22.9 Å². The molecule has 100 valence electrons. The topological polar surface area (TPSA) is 86.2 Å². The van der Waals surface area contributed by atoms with Gasteiger partial charge in [0.25, 0.3) is 0 Å². The largest absolute Gasteiger partial charge is 0.395 e. The van der Waals surface area contributed by atoms with Crippen molar-refractivity contribution in [2.75, 3.05) is 18.1 Å². The van der Waals surface area contributed by atoms with E-state index in [-0.39, 0.29) is 18.5 Å². The summed E-state index contributed by atoms with van der Waals surface area (Å²) < 4.78 is 0. The molecule has 0 spiro atoms. The number of hydrogen-bond donors (Lipinski definition) is 3. The third kappa shape index (κ3) is 2.98. The number of hydrogen-bond acceptors (Lipinski definition) is 4. The fourth-order valence-electron chi connectivity index (χ4n) is 2.07. The Balaban J connectivity index is 3.39. The van der Waals surface area contributed by atoms with Gasteiger partial charge in [-0.3, -0.25) is 5.41 Å². The second-order valence-corrected chi connectivity index (χ2v) is 4.70. The lowest BCUT2D eigenvalue weighted by atomic mass is 10.1. The molecular weight excluding hydrogens is 228 g/mol. The summed E-state index contributed by atoms with van der Waals surface area (Å²) in [6, 6.07) is 2.10. The molecule has 0 aliphatic carbocycles. The van der Waals surface area contributed by atoms with E-state index < -0.39 is 0 Å².